The quantitative estimate of drug-likeness (QED) is 0.583. The molecule has 0 bridgehead atoms. The van der Waals surface area contributed by atoms with Gasteiger partial charge in [0, 0.05) is 17.5 Å². The zero-order chi connectivity index (χ0) is 19.2. The van der Waals surface area contributed by atoms with Gasteiger partial charge in [-0.1, -0.05) is 41.4 Å². The largest absolute Gasteiger partial charge is 0.497 e. The lowest BCUT2D eigenvalue weighted by Gasteiger charge is -2.06. The molecule has 0 aliphatic rings. The minimum Gasteiger partial charge on any atom is -0.497 e. The van der Waals surface area contributed by atoms with Gasteiger partial charge in [0.05, 0.1) is 29.3 Å². The molecule has 1 heterocycles. The highest BCUT2D eigenvalue weighted by Gasteiger charge is 2.14. The molecule has 0 fully saturated rings. The van der Waals surface area contributed by atoms with Crippen LogP contribution in [0.2, 0.25) is 10.0 Å². The maximum atomic E-state index is 12.2. The van der Waals surface area contributed by atoms with Crippen LogP contribution in [-0.2, 0) is 17.6 Å². The number of nitrogens with one attached hydrogen (secondary N) is 1. The van der Waals surface area contributed by atoms with Crippen molar-refractivity contribution in [2.24, 2.45) is 0 Å². The van der Waals surface area contributed by atoms with Gasteiger partial charge in [-0.3, -0.25) is 4.79 Å². The van der Waals surface area contributed by atoms with Gasteiger partial charge in [-0.25, -0.2) is 4.98 Å². The van der Waals surface area contributed by atoms with E-state index in [9.17, 15) is 4.79 Å². The van der Waals surface area contributed by atoms with Crippen molar-refractivity contribution in [1.82, 2.24) is 10.3 Å². The summed E-state index contributed by atoms with van der Waals surface area (Å²) < 4.78 is 5.13. The number of rotatable bonds is 7. The van der Waals surface area contributed by atoms with Crippen molar-refractivity contribution in [2.45, 2.75) is 12.8 Å². The molecule has 27 heavy (non-hydrogen) atoms. The number of halogens is 2. The lowest BCUT2D eigenvalue weighted by atomic mass is 10.1. The highest BCUT2D eigenvalue weighted by Crippen LogP contribution is 2.36. The minimum atomic E-state index is -0.0642. The third kappa shape index (κ3) is 5.22. The summed E-state index contributed by atoms with van der Waals surface area (Å²) in [5.41, 5.74) is 2.55. The molecule has 0 saturated heterocycles. The van der Waals surface area contributed by atoms with Crippen LogP contribution < -0.4 is 10.1 Å². The first kappa shape index (κ1) is 19.7. The molecule has 0 aliphatic carbocycles. The molecule has 4 nitrogen and oxygen atoms in total. The maximum Gasteiger partial charge on any atom is 0.226 e. The summed E-state index contributed by atoms with van der Waals surface area (Å²) in [7, 11) is 1.64. The summed E-state index contributed by atoms with van der Waals surface area (Å²) in [6.45, 7) is 0.568. The molecular formula is C20H18Cl2N2O2S. The Morgan fingerprint density at radius 2 is 1.85 bits per heavy atom. The van der Waals surface area contributed by atoms with Crippen molar-refractivity contribution >= 4 is 40.4 Å². The van der Waals surface area contributed by atoms with E-state index in [1.807, 2.05) is 29.6 Å². The molecule has 140 valence electrons. The molecule has 0 saturated carbocycles. The van der Waals surface area contributed by atoms with Crippen LogP contribution in [0.15, 0.2) is 47.8 Å². The van der Waals surface area contributed by atoms with E-state index in [-0.39, 0.29) is 12.3 Å². The molecule has 1 N–H and O–H groups in total. The standard InChI is InChI=1S/C20H18Cl2N2O2S/c1-26-15-7-5-13(6-8-15)9-10-23-18(25)11-14-12-27-20(24-14)19-16(21)3-2-4-17(19)22/h2-8,12H,9-11H2,1H3,(H,23,25). The number of methoxy groups -OCH3 is 1. The predicted molar refractivity (Wildman–Crippen MR) is 111 cm³/mol. The van der Waals surface area contributed by atoms with Crippen LogP contribution in [0, 0.1) is 0 Å². The Morgan fingerprint density at radius 1 is 1.15 bits per heavy atom. The van der Waals surface area contributed by atoms with Gasteiger partial charge in [0.25, 0.3) is 0 Å². The molecule has 2 aromatic carbocycles. The maximum absolute atomic E-state index is 12.2. The fourth-order valence-electron chi connectivity index (χ4n) is 2.57. The fraction of sp³-hybridized carbons (Fsp3) is 0.200. The number of ether oxygens (including phenoxy) is 1. The Labute approximate surface area is 172 Å². The van der Waals surface area contributed by atoms with Gasteiger partial charge in [-0.15, -0.1) is 11.3 Å². The van der Waals surface area contributed by atoms with E-state index >= 15 is 0 Å². The number of aromatic nitrogens is 1. The zero-order valence-corrected chi connectivity index (χ0v) is 17.0. The first-order chi connectivity index (χ1) is 13.1. The molecule has 7 heteroatoms. The molecule has 0 radical (unpaired) electrons. The van der Waals surface area contributed by atoms with Crippen LogP contribution in [0.25, 0.3) is 10.6 Å². The lowest BCUT2D eigenvalue weighted by Crippen LogP contribution is -2.27. The second kappa shape index (κ2) is 9.22. The number of thiazole rings is 1. The van der Waals surface area contributed by atoms with Crippen LogP contribution in [-0.4, -0.2) is 24.5 Å². The Kier molecular flexibility index (Phi) is 6.72. The lowest BCUT2D eigenvalue weighted by molar-refractivity contribution is -0.120. The smallest absolute Gasteiger partial charge is 0.226 e. The first-order valence-electron chi connectivity index (χ1n) is 8.35. The van der Waals surface area contributed by atoms with E-state index in [0.717, 1.165) is 17.7 Å². The fourth-order valence-corrected chi connectivity index (χ4v) is 4.15. The number of carbonyl (C=O) groups is 1. The highest BCUT2D eigenvalue weighted by atomic mass is 35.5. The van der Waals surface area contributed by atoms with E-state index in [0.29, 0.717) is 32.9 Å². The first-order valence-corrected chi connectivity index (χ1v) is 9.99. The molecule has 0 unspecified atom stereocenters. The molecular weight excluding hydrogens is 403 g/mol. The van der Waals surface area contributed by atoms with Gasteiger partial charge in [0.15, 0.2) is 0 Å². The van der Waals surface area contributed by atoms with Gasteiger partial charge < -0.3 is 10.1 Å². The number of amides is 1. The predicted octanol–water partition coefficient (Wildman–Crippen LogP) is 5.03. The van der Waals surface area contributed by atoms with Crippen molar-refractivity contribution in [3.8, 4) is 16.3 Å². The van der Waals surface area contributed by atoms with Gasteiger partial charge in [-0.05, 0) is 36.2 Å². The second-order valence-electron chi connectivity index (χ2n) is 5.87. The van der Waals surface area contributed by atoms with Crippen LogP contribution in [0.5, 0.6) is 5.75 Å². The molecule has 3 aromatic rings. The summed E-state index contributed by atoms with van der Waals surface area (Å²) >= 11 is 13.9. The number of carbonyl (C=O) groups excluding carboxylic acids is 1. The molecule has 0 aliphatic heterocycles. The van der Waals surface area contributed by atoms with Gasteiger partial charge in [0.2, 0.25) is 5.91 Å². The van der Waals surface area contributed by atoms with Gasteiger partial charge >= 0.3 is 0 Å². The minimum absolute atomic E-state index is 0.0642. The Morgan fingerprint density at radius 3 is 2.52 bits per heavy atom. The summed E-state index contributed by atoms with van der Waals surface area (Å²) in [4.78, 5) is 16.7. The highest BCUT2D eigenvalue weighted by molar-refractivity contribution is 7.13. The molecule has 0 spiro atoms. The van der Waals surface area contributed by atoms with Crippen LogP contribution in [0.3, 0.4) is 0 Å². The van der Waals surface area contributed by atoms with E-state index in [1.54, 1.807) is 25.3 Å². The van der Waals surface area contributed by atoms with E-state index < -0.39 is 0 Å². The number of hydrogen-bond donors (Lipinski definition) is 1. The number of hydrogen-bond acceptors (Lipinski definition) is 4. The Balaban J connectivity index is 1.53. The third-order valence-electron chi connectivity index (χ3n) is 3.96. The second-order valence-corrected chi connectivity index (χ2v) is 7.54. The Bertz CT molecular complexity index is 906. The average molecular weight is 421 g/mol. The summed E-state index contributed by atoms with van der Waals surface area (Å²) in [5.74, 6) is 0.756. The monoisotopic (exact) mass is 420 g/mol. The van der Waals surface area contributed by atoms with Crippen LogP contribution >= 0.6 is 34.5 Å². The molecule has 1 aromatic heterocycles. The van der Waals surface area contributed by atoms with Crippen molar-refractivity contribution < 1.29 is 9.53 Å². The SMILES string of the molecule is COc1ccc(CCNC(=O)Cc2csc(-c3c(Cl)cccc3Cl)n2)cc1. The van der Waals surface area contributed by atoms with Crippen LogP contribution in [0.4, 0.5) is 0 Å². The van der Waals surface area contributed by atoms with Crippen molar-refractivity contribution in [3.05, 3.63) is 69.1 Å². The average Bonchev–Trinajstić information content (AvgIpc) is 3.10. The van der Waals surface area contributed by atoms with Crippen molar-refractivity contribution in [1.29, 1.82) is 0 Å². The molecule has 1 amide bonds. The Hall–Kier alpha value is -2.08. The summed E-state index contributed by atoms with van der Waals surface area (Å²) in [5, 5.41) is 6.59. The molecule has 3 rings (SSSR count). The van der Waals surface area contributed by atoms with Gasteiger partial charge in [-0.2, -0.15) is 0 Å². The number of benzene rings is 2. The van der Waals surface area contributed by atoms with E-state index in [4.69, 9.17) is 27.9 Å². The number of nitrogens with zero attached hydrogens (tertiary/aromatic N) is 1. The normalized spacial score (nSPS) is 10.6. The van der Waals surface area contributed by atoms with Crippen LogP contribution in [0.1, 0.15) is 11.3 Å². The van der Waals surface area contributed by atoms with E-state index in [2.05, 4.69) is 10.3 Å². The summed E-state index contributed by atoms with van der Waals surface area (Å²) in [6, 6.07) is 13.1. The topological polar surface area (TPSA) is 51.2 Å². The molecule has 0 atom stereocenters. The van der Waals surface area contributed by atoms with Crippen molar-refractivity contribution in [2.75, 3.05) is 13.7 Å². The summed E-state index contributed by atoms with van der Waals surface area (Å²) in [6.07, 6.45) is 0.981. The zero-order valence-electron chi connectivity index (χ0n) is 14.7. The van der Waals surface area contributed by atoms with Gasteiger partial charge in [0.1, 0.15) is 10.8 Å². The third-order valence-corrected chi connectivity index (χ3v) is 5.50. The van der Waals surface area contributed by atoms with Crippen molar-refractivity contribution in [3.63, 3.8) is 0 Å². The van der Waals surface area contributed by atoms with E-state index in [1.165, 1.54) is 11.3 Å².